The normalized spacial score (nSPS) is 11.8. The van der Waals surface area contributed by atoms with Gasteiger partial charge in [-0.25, -0.2) is 18.7 Å². The molecule has 0 aliphatic heterocycles. The lowest BCUT2D eigenvalue weighted by Crippen LogP contribution is -2.17. The Morgan fingerprint density at radius 3 is 2.71 bits per heavy atom. The number of nitrogens with zero attached hydrogens (tertiary/aromatic N) is 4. The number of fused-ring (bicyclic) bond motifs is 1. The van der Waals surface area contributed by atoms with E-state index in [0.717, 1.165) is 0 Å². The van der Waals surface area contributed by atoms with Gasteiger partial charge in [-0.1, -0.05) is 0 Å². The van der Waals surface area contributed by atoms with Gasteiger partial charge in [-0.15, -0.1) is 0 Å². The molecular formula is C17H15F4N5O2. The van der Waals surface area contributed by atoms with Crippen molar-refractivity contribution in [1.29, 1.82) is 0 Å². The van der Waals surface area contributed by atoms with E-state index in [1.54, 1.807) is 12.3 Å². The van der Waals surface area contributed by atoms with Crippen molar-refractivity contribution in [3.05, 3.63) is 36.4 Å². The number of aromatic nitrogens is 4. The summed E-state index contributed by atoms with van der Waals surface area (Å²) in [4.78, 5) is 22.7. The summed E-state index contributed by atoms with van der Waals surface area (Å²) in [5.41, 5.74) is 0.502. The number of halogens is 4. The van der Waals surface area contributed by atoms with Crippen LogP contribution in [0.2, 0.25) is 0 Å². The molecule has 3 aromatic heterocycles. The Morgan fingerprint density at radius 2 is 2.07 bits per heavy atom. The van der Waals surface area contributed by atoms with Gasteiger partial charge >= 0.3 is 5.92 Å². The third-order valence-electron chi connectivity index (χ3n) is 3.56. The van der Waals surface area contributed by atoms with Crippen LogP contribution in [-0.4, -0.2) is 38.5 Å². The van der Waals surface area contributed by atoms with Gasteiger partial charge in [0.25, 0.3) is 6.43 Å². The average Bonchev–Trinajstić information content (AvgIpc) is 3.01. The molecule has 0 radical (unpaired) electrons. The highest BCUT2D eigenvalue weighted by atomic mass is 19.3. The minimum absolute atomic E-state index is 0.00855. The van der Waals surface area contributed by atoms with Gasteiger partial charge in [0.1, 0.15) is 11.6 Å². The van der Waals surface area contributed by atoms with E-state index in [-0.39, 0.29) is 17.5 Å². The molecule has 11 heteroatoms. The first-order chi connectivity index (χ1) is 13.1. The maximum atomic E-state index is 13.8. The van der Waals surface area contributed by atoms with Crippen LogP contribution < -0.4 is 10.1 Å². The zero-order valence-electron chi connectivity index (χ0n) is 14.8. The largest absolute Gasteiger partial charge is 0.471 e. The van der Waals surface area contributed by atoms with E-state index < -0.39 is 30.7 Å². The van der Waals surface area contributed by atoms with Crippen molar-refractivity contribution >= 4 is 22.6 Å². The molecule has 3 heterocycles. The third-order valence-corrected chi connectivity index (χ3v) is 3.56. The number of nitrogens with one attached hydrogen (secondary N) is 1. The monoisotopic (exact) mass is 397 g/mol. The second-order valence-corrected chi connectivity index (χ2v) is 5.97. The van der Waals surface area contributed by atoms with Crippen LogP contribution in [0.25, 0.3) is 16.7 Å². The smallest absolute Gasteiger partial charge is 0.304 e. The Bertz CT molecular complexity index is 1020. The van der Waals surface area contributed by atoms with Gasteiger partial charge in [0.2, 0.25) is 17.6 Å². The number of pyridine rings is 1. The fourth-order valence-electron chi connectivity index (χ4n) is 2.43. The van der Waals surface area contributed by atoms with Gasteiger partial charge in [0.15, 0.2) is 6.61 Å². The lowest BCUT2D eigenvalue weighted by atomic mass is 10.3. The van der Waals surface area contributed by atoms with E-state index in [0.29, 0.717) is 17.8 Å². The Morgan fingerprint density at radius 1 is 1.32 bits per heavy atom. The molecule has 3 rings (SSSR count). The number of hydrogen-bond donors (Lipinski definition) is 1. The molecule has 0 fully saturated rings. The molecule has 148 valence electrons. The van der Waals surface area contributed by atoms with Crippen LogP contribution in [0.1, 0.15) is 19.7 Å². The van der Waals surface area contributed by atoms with E-state index in [9.17, 15) is 22.4 Å². The number of hydrogen-bond acceptors (Lipinski definition) is 5. The molecule has 0 aromatic carbocycles. The van der Waals surface area contributed by atoms with Crippen molar-refractivity contribution in [2.24, 2.45) is 0 Å². The van der Waals surface area contributed by atoms with Gasteiger partial charge < -0.3 is 14.6 Å². The van der Waals surface area contributed by atoms with Gasteiger partial charge in [-0.3, -0.25) is 4.79 Å². The molecule has 0 unspecified atom stereocenters. The molecule has 0 saturated heterocycles. The number of carbonyl (C=O) groups excluding carboxylic acids is 1. The molecule has 0 aliphatic carbocycles. The highest BCUT2D eigenvalue weighted by molar-refractivity contribution is 5.91. The molecule has 0 aliphatic rings. The first-order valence-corrected chi connectivity index (χ1v) is 8.07. The fraction of sp³-hybridized carbons (Fsp3) is 0.294. The van der Waals surface area contributed by atoms with Crippen LogP contribution in [0, 0.1) is 0 Å². The maximum Gasteiger partial charge on any atom is 0.304 e. The van der Waals surface area contributed by atoms with Crippen molar-refractivity contribution in [2.75, 3.05) is 11.9 Å². The van der Waals surface area contributed by atoms with Crippen LogP contribution in [0.4, 0.5) is 23.4 Å². The summed E-state index contributed by atoms with van der Waals surface area (Å²) in [5.74, 6) is -4.77. The molecule has 0 saturated carbocycles. The molecule has 28 heavy (non-hydrogen) atoms. The Hall–Kier alpha value is -3.24. The van der Waals surface area contributed by atoms with Crippen molar-refractivity contribution in [1.82, 2.24) is 19.5 Å². The van der Waals surface area contributed by atoms with Gasteiger partial charge in [-0.05, 0) is 6.07 Å². The minimum atomic E-state index is -3.41. The summed E-state index contributed by atoms with van der Waals surface area (Å²) in [6, 6.07) is 4.36. The summed E-state index contributed by atoms with van der Waals surface area (Å²) in [6.45, 7) is 0.918. The molecule has 7 nitrogen and oxygen atoms in total. The van der Waals surface area contributed by atoms with E-state index in [4.69, 9.17) is 4.74 Å². The van der Waals surface area contributed by atoms with Crippen LogP contribution in [0.5, 0.6) is 5.88 Å². The molecule has 1 amide bonds. The van der Waals surface area contributed by atoms with Gasteiger partial charge in [0.05, 0.1) is 5.52 Å². The second kappa shape index (κ2) is 7.41. The van der Waals surface area contributed by atoms with Crippen molar-refractivity contribution in [2.45, 2.75) is 26.2 Å². The molecule has 1 N–H and O–H groups in total. The number of rotatable bonds is 6. The molecule has 0 atom stereocenters. The van der Waals surface area contributed by atoms with Crippen molar-refractivity contribution in [3.63, 3.8) is 0 Å². The number of carbonyl (C=O) groups is 1. The molecular weight excluding hydrogens is 382 g/mol. The van der Waals surface area contributed by atoms with Crippen LogP contribution >= 0.6 is 0 Å². The van der Waals surface area contributed by atoms with Gasteiger partial charge in [0, 0.05) is 43.8 Å². The zero-order chi connectivity index (χ0) is 20.5. The van der Waals surface area contributed by atoms with Crippen molar-refractivity contribution < 1.29 is 27.1 Å². The van der Waals surface area contributed by atoms with Crippen LogP contribution in [0.15, 0.2) is 30.6 Å². The predicted octanol–water partition coefficient (Wildman–Crippen LogP) is 3.53. The Labute approximate surface area is 156 Å². The first-order valence-electron chi connectivity index (χ1n) is 8.07. The number of anilines is 1. The SMILES string of the molecule is CC(=O)Nc1cc2c(ccn2-c2cc(OCC(F)F)nc(C(C)(F)F)n2)cn1. The Kier molecular flexibility index (Phi) is 5.16. The standard InChI is InChI=1S/C17H15F4N5O2/c1-9(27)23-13-5-11-10(7-22-13)3-4-26(11)14-6-15(28-8-12(18)19)25-16(24-14)17(2,20)21/h3-7,12H,8H2,1-2H3,(H,22,23,27). The Balaban J connectivity index is 2.11. The van der Waals surface area contributed by atoms with Crippen LogP contribution in [0.3, 0.4) is 0 Å². The molecule has 0 bridgehead atoms. The fourth-order valence-corrected chi connectivity index (χ4v) is 2.43. The first kappa shape index (κ1) is 19.5. The third kappa shape index (κ3) is 4.35. The highest BCUT2D eigenvalue weighted by Crippen LogP contribution is 2.28. The van der Waals surface area contributed by atoms with E-state index in [1.807, 2.05) is 0 Å². The molecule has 0 spiro atoms. The average molecular weight is 397 g/mol. The predicted molar refractivity (Wildman–Crippen MR) is 92.0 cm³/mol. The summed E-state index contributed by atoms with van der Waals surface area (Å²) >= 11 is 0. The highest BCUT2D eigenvalue weighted by Gasteiger charge is 2.30. The van der Waals surface area contributed by atoms with Crippen LogP contribution in [-0.2, 0) is 10.7 Å². The number of alkyl halides is 4. The number of amides is 1. The topological polar surface area (TPSA) is 81.9 Å². The maximum absolute atomic E-state index is 13.8. The van der Waals surface area contributed by atoms with Gasteiger partial charge in [-0.2, -0.15) is 13.8 Å². The van der Waals surface area contributed by atoms with E-state index in [1.165, 1.54) is 29.8 Å². The quantitative estimate of drug-likeness (QED) is 0.644. The molecule has 3 aromatic rings. The lowest BCUT2D eigenvalue weighted by molar-refractivity contribution is -0.114. The summed E-state index contributed by atoms with van der Waals surface area (Å²) in [5, 5.41) is 3.17. The minimum Gasteiger partial charge on any atom is -0.471 e. The van der Waals surface area contributed by atoms with E-state index in [2.05, 4.69) is 20.3 Å². The van der Waals surface area contributed by atoms with Crippen molar-refractivity contribution in [3.8, 4) is 11.7 Å². The lowest BCUT2D eigenvalue weighted by Gasteiger charge is -2.14. The second-order valence-electron chi connectivity index (χ2n) is 5.97. The van der Waals surface area contributed by atoms with E-state index >= 15 is 0 Å². The summed E-state index contributed by atoms with van der Waals surface area (Å²) < 4.78 is 58.7. The zero-order valence-corrected chi connectivity index (χ0v) is 14.8. The number of ether oxygens (including phenoxy) is 1. The summed E-state index contributed by atoms with van der Waals surface area (Å²) in [6.07, 6.45) is 0.241. The summed E-state index contributed by atoms with van der Waals surface area (Å²) in [7, 11) is 0.